The molecule has 0 unspecified atom stereocenters. The fourth-order valence-corrected chi connectivity index (χ4v) is 3.46. The molecule has 0 aliphatic heterocycles. The van der Waals surface area contributed by atoms with E-state index in [4.69, 9.17) is 53.8 Å². The molecule has 0 bridgehead atoms. The summed E-state index contributed by atoms with van der Waals surface area (Å²) in [5.74, 6) is 2.12. The van der Waals surface area contributed by atoms with Gasteiger partial charge in [0, 0.05) is 17.5 Å². The van der Waals surface area contributed by atoms with Gasteiger partial charge in [-0.25, -0.2) is 15.0 Å². The topological polar surface area (TPSA) is 108 Å². The van der Waals surface area contributed by atoms with Crippen LogP contribution in [-0.4, -0.2) is 48.4 Å². The van der Waals surface area contributed by atoms with Crippen molar-refractivity contribution in [1.82, 2.24) is 19.9 Å². The fraction of sp³-hybridized carbons (Fsp3) is 0.200. The Bertz CT molecular complexity index is 1350. The van der Waals surface area contributed by atoms with E-state index in [0.29, 0.717) is 44.8 Å². The molecule has 0 atom stereocenters. The van der Waals surface area contributed by atoms with Crippen LogP contribution in [0.5, 0.6) is 23.0 Å². The van der Waals surface area contributed by atoms with Crippen LogP contribution in [0.3, 0.4) is 0 Å². The molecule has 0 spiro atoms. The summed E-state index contributed by atoms with van der Waals surface area (Å²) >= 11 is 17.3. The van der Waals surface area contributed by atoms with E-state index in [-0.39, 0.29) is 21.3 Å². The highest BCUT2D eigenvalue weighted by atomic mass is 35.5. The Morgan fingerprint density at radius 2 is 1.16 bits per heavy atom. The highest BCUT2D eigenvalue weighted by molar-refractivity contribution is 6.35. The summed E-state index contributed by atoms with van der Waals surface area (Å²) in [5.41, 5.74) is 0.769. The number of aromatic nitrogens is 4. The predicted molar refractivity (Wildman–Crippen MR) is 123 cm³/mol. The standard InChI is InChI=1S/C10H8Cl2N2O2.C10H9ClN2O3/c1-15-7-3-5-6(4-8(7)16-2)13-10(12)14-9(5)11;1-15-7-3-5-6(4-8(7)16-2)12-10(11)13-9(5)14/h3-4H,1-2H3;3-4H,1-2H3,(H,12,13,14). The van der Waals surface area contributed by atoms with Gasteiger partial charge >= 0.3 is 0 Å². The number of H-pyrrole nitrogens is 1. The third-order valence-corrected chi connectivity index (χ3v) is 4.95. The Kier molecular flexibility index (Phi) is 7.44. The van der Waals surface area contributed by atoms with Gasteiger partial charge in [-0.3, -0.25) is 9.78 Å². The molecule has 9 nitrogen and oxygen atoms in total. The van der Waals surface area contributed by atoms with Crippen LogP contribution in [0.2, 0.25) is 15.7 Å². The van der Waals surface area contributed by atoms with Crippen LogP contribution in [0.25, 0.3) is 21.8 Å². The number of fused-ring (bicyclic) bond motifs is 2. The van der Waals surface area contributed by atoms with Crippen molar-refractivity contribution < 1.29 is 18.9 Å². The maximum Gasteiger partial charge on any atom is 0.259 e. The van der Waals surface area contributed by atoms with E-state index in [9.17, 15) is 4.79 Å². The quantitative estimate of drug-likeness (QED) is 0.322. The van der Waals surface area contributed by atoms with Crippen molar-refractivity contribution in [2.45, 2.75) is 0 Å². The summed E-state index contributed by atoms with van der Waals surface area (Å²) in [5, 5.41) is 1.51. The zero-order valence-corrected chi connectivity index (χ0v) is 19.6. The van der Waals surface area contributed by atoms with Gasteiger partial charge in [0.25, 0.3) is 5.56 Å². The summed E-state index contributed by atoms with van der Waals surface area (Å²) in [6.45, 7) is 0. The number of nitrogens with zero attached hydrogens (tertiary/aromatic N) is 3. The van der Waals surface area contributed by atoms with Gasteiger partial charge in [-0.15, -0.1) is 0 Å². The second kappa shape index (κ2) is 10.1. The van der Waals surface area contributed by atoms with Gasteiger partial charge in [0.2, 0.25) is 10.6 Å². The first-order valence-corrected chi connectivity index (χ1v) is 10.0. The maximum atomic E-state index is 11.6. The molecule has 4 rings (SSSR count). The molecule has 4 aromatic rings. The van der Waals surface area contributed by atoms with Crippen LogP contribution in [0.4, 0.5) is 0 Å². The SMILES string of the molecule is COc1cc2nc(Cl)[nH]c(=O)c2cc1OC.COc1cc2nc(Cl)nc(Cl)c2cc1OC. The van der Waals surface area contributed by atoms with Gasteiger partial charge in [-0.05, 0) is 35.3 Å². The minimum Gasteiger partial charge on any atom is -0.493 e. The van der Waals surface area contributed by atoms with Crippen molar-refractivity contribution in [1.29, 1.82) is 0 Å². The molecule has 0 aliphatic rings. The molecule has 0 aliphatic carbocycles. The number of methoxy groups -OCH3 is 4. The fourth-order valence-electron chi connectivity index (χ4n) is 2.83. The number of hydrogen-bond donors (Lipinski definition) is 1. The lowest BCUT2D eigenvalue weighted by molar-refractivity contribution is 0.355. The summed E-state index contributed by atoms with van der Waals surface area (Å²) in [6.07, 6.45) is 0. The van der Waals surface area contributed by atoms with Crippen LogP contribution >= 0.6 is 34.8 Å². The number of ether oxygens (including phenoxy) is 4. The van der Waals surface area contributed by atoms with Crippen LogP contribution in [0.15, 0.2) is 29.1 Å². The maximum absolute atomic E-state index is 11.6. The first-order chi connectivity index (χ1) is 15.3. The monoisotopic (exact) mass is 498 g/mol. The van der Waals surface area contributed by atoms with Crippen molar-refractivity contribution in [3.63, 3.8) is 0 Å². The molecule has 2 aromatic heterocycles. The molecule has 0 radical (unpaired) electrons. The van der Waals surface area contributed by atoms with Crippen LogP contribution in [-0.2, 0) is 0 Å². The molecule has 2 aromatic carbocycles. The zero-order valence-electron chi connectivity index (χ0n) is 17.3. The first-order valence-electron chi connectivity index (χ1n) is 8.87. The molecule has 0 fully saturated rings. The number of rotatable bonds is 4. The van der Waals surface area contributed by atoms with Crippen LogP contribution < -0.4 is 24.5 Å². The Morgan fingerprint density at radius 3 is 1.69 bits per heavy atom. The Balaban J connectivity index is 0.000000181. The van der Waals surface area contributed by atoms with E-state index in [0.717, 1.165) is 0 Å². The van der Waals surface area contributed by atoms with E-state index in [2.05, 4.69) is 19.9 Å². The third-order valence-electron chi connectivity index (χ3n) is 4.31. The summed E-state index contributed by atoms with van der Waals surface area (Å²) < 4.78 is 20.5. The van der Waals surface area contributed by atoms with Crippen molar-refractivity contribution in [3.05, 3.63) is 50.3 Å². The smallest absolute Gasteiger partial charge is 0.259 e. The van der Waals surface area contributed by atoms with Gasteiger partial charge in [0.05, 0.1) is 44.9 Å². The van der Waals surface area contributed by atoms with Crippen molar-refractivity contribution in [3.8, 4) is 23.0 Å². The van der Waals surface area contributed by atoms with Crippen molar-refractivity contribution >= 4 is 56.6 Å². The van der Waals surface area contributed by atoms with Crippen molar-refractivity contribution in [2.75, 3.05) is 28.4 Å². The summed E-state index contributed by atoms with van der Waals surface area (Å²) in [4.78, 5) is 25.9. The number of benzene rings is 2. The highest BCUT2D eigenvalue weighted by Gasteiger charge is 2.11. The predicted octanol–water partition coefficient (Wildman–Crippen LogP) is 4.55. The number of hydrogen-bond acceptors (Lipinski definition) is 8. The molecule has 0 saturated carbocycles. The number of nitrogens with one attached hydrogen (secondary N) is 1. The Labute approximate surface area is 197 Å². The summed E-state index contributed by atoms with van der Waals surface area (Å²) in [7, 11) is 6.11. The molecule has 0 amide bonds. The van der Waals surface area contributed by atoms with Crippen molar-refractivity contribution in [2.24, 2.45) is 0 Å². The van der Waals surface area contributed by atoms with E-state index in [1.807, 2.05) is 0 Å². The molecule has 12 heteroatoms. The van der Waals surface area contributed by atoms with Crippen LogP contribution in [0, 0.1) is 0 Å². The molecule has 32 heavy (non-hydrogen) atoms. The minimum absolute atomic E-state index is 0.0460. The second-order valence-corrected chi connectivity index (χ2v) is 7.14. The van der Waals surface area contributed by atoms with Crippen LogP contribution in [0.1, 0.15) is 0 Å². The van der Waals surface area contributed by atoms with E-state index < -0.39 is 0 Å². The lowest BCUT2D eigenvalue weighted by atomic mass is 10.2. The van der Waals surface area contributed by atoms with E-state index in [1.165, 1.54) is 14.2 Å². The zero-order chi connectivity index (χ0) is 23.4. The van der Waals surface area contributed by atoms with Gasteiger partial charge in [-0.2, -0.15) is 0 Å². The summed E-state index contributed by atoms with van der Waals surface area (Å²) in [6, 6.07) is 6.59. The third kappa shape index (κ3) is 4.90. The Hall–Kier alpha value is -3.01. The average molecular weight is 500 g/mol. The highest BCUT2D eigenvalue weighted by Crippen LogP contribution is 2.34. The number of aromatic amines is 1. The number of halogens is 3. The Morgan fingerprint density at radius 1 is 0.688 bits per heavy atom. The largest absolute Gasteiger partial charge is 0.493 e. The average Bonchev–Trinajstić information content (AvgIpc) is 2.77. The molecule has 1 N–H and O–H groups in total. The van der Waals surface area contributed by atoms with E-state index >= 15 is 0 Å². The molecule has 168 valence electrons. The molecular formula is C20H17Cl3N4O5. The van der Waals surface area contributed by atoms with Gasteiger partial charge in [-0.1, -0.05) is 11.6 Å². The van der Waals surface area contributed by atoms with Gasteiger partial charge in [0.15, 0.2) is 23.0 Å². The molecular weight excluding hydrogens is 483 g/mol. The molecule has 2 heterocycles. The first kappa shape index (κ1) is 23.6. The van der Waals surface area contributed by atoms with Gasteiger partial charge < -0.3 is 18.9 Å². The second-order valence-electron chi connectivity index (χ2n) is 6.09. The van der Waals surface area contributed by atoms with Gasteiger partial charge in [0.1, 0.15) is 5.15 Å². The normalized spacial score (nSPS) is 10.5. The lowest BCUT2D eigenvalue weighted by Gasteiger charge is -2.09. The minimum atomic E-state index is -0.309. The molecule has 0 saturated heterocycles. The lowest BCUT2D eigenvalue weighted by Crippen LogP contribution is -2.08. The van der Waals surface area contributed by atoms with E-state index in [1.54, 1.807) is 38.5 Å².